The number of ketones is 2. The Bertz CT molecular complexity index is 421. The van der Waals surface area contributed by atoms with Crippen molar-refractivity contribution in [2.75, 3.05) is 0 Å². The van der Waals surface area contributed by atoms with Crippen LogP contribution in [-0.4, -0.2) is 11.6 Å². The molecule has 1 aromatic carbocycles. The number of carbonyl (C=O) groups is 2. The summed E-state index contributed by atoms with van der Waals surface area (Å²) in [6.07, 6.45) is 5.38. The van der Waals surface area contributed by atoms with E-state index in [4.69, 9.17) is 0 Å². The highest BCUT2D eigenvalue weighted by molar-refractivity contribution is 5.79. The summed E-state index contributed by atoms with van der Waals surface area (Å²) in [5.74, 6) is 0.522. The van der Waals surface area contributed by atoms with Crippen molar-refractivity contribution in [1.29, 1.82) is 0 Å². The minimum atomic E-state index is 0.212. The zero-order valence-electron chi connectivity index (χ0n) is 12.1. The maximum atomic E-state index is 11.7. The van der Waals surface area contributed by atoms with Gasteiger partial charge in [0.05, 0.1) is 0 Å². The maximum absolute atomic E-state index is 11.7. The fourth-order valence-corrected chi connectivity index (χ4v) is 2.11. The minimum absolute atomic E-state index is 0.212. The predicted molar refractivity (Wildman–Crippen MR) is 78.3 cm³/mol. The quantitative estimate of drug-likeness (QED) is 0.631. The van der Waals surface area contributed by atoms with E-state index in [9.17, 15) is 9.59 Å². The van der Waals surface area contributed by atoms with Crippen LogP contribution in [-0.2, 0) is 22.4 Å². The lowest BCUT2D eigenvalue weighted by Crippen LogP contribution is -2.01. The molecule has 0 saturated heterocycles. The van der Waals surface area contributed by atoms with Crippen molar-refractivity contribution in [1.82, 2.24) is 0 Å². The largest absolute Gasteiger partial charge is 0.300 e. The van der Waals surface area contributed by atoms with Crippen LogP contribution in [0, 0.1) is 0 Å². The average Bonchev–Trinajstić information content (AvgIpc) is 2.41. The van der Waals surface area contributed by atoms with Crippen LogP contribution in [0.2, 0.25) is 0 Å². The average molecular weight is 260 g/mol. The van der Waals surface area contributed by atoms with Crippen molar-refractivity contribution in [2.45, 2.75) is 58.8 Å². The Hall–Kier alpha value is -1.44. The van der Waals surface area contributed by atoms with Gasteiger partial charge in [0, 0.05) is 19.3 Å². The third-order valence-electron chi connectivity index (χ3n) is 3.33. The van der Waals surface area contributed by atoms with Gasteiger partial charge in [-0.15, -0.1) is 0 Å². The molecule has 104 valence electrons. The van der Waals surface area contributed by atoms with Crippen LogP contribution < -0.4 is 0 Å². The summed E-state index contributed by atoms with van der Waals surface area (Å²) in [5, 5.41) is 0. The second-order valence-corrected chi connectivity index (χ2v) is 5.12. The van der Waals surface area contributed by atoms with Gasteiger partial charge in [-0.05, 0) is 43.7 Å². The zero-order valence-corrected chi connectivity index (χ0v) is 12.1. The van der Waals surface area contributed by atoms with Gasteiger partial charge in [-0.3, -0.25) is 4.79 Å². The third-order valence-corrected chi connectivity index (χ3v) is 3.33. The van der Waals surface area contributed by atoms with E-state index in [1.807, 2.05) is 0 Å². The number of aryl methyl sites for hydroxylation is 2. The zero-order chi connectivity index (χ0) is 14.1. The number of Topliss-reactive ketones (excluding diaryl/α,β-unsaturated/α-hetero) is 2. The van der Waals surface area contributed by atoms with Gasteiger partial charge >= 0.3 is 0 Å². The van der Waals surface area contributed by atoms with Crippen LogP contribution in [0.4, 0.5) is 0 Å². The van der Waals surface area contributed by atoms with Crippen molar-refractivity contribution in [3.05, 3.63) is 35.4 Å². The summed E-state index contributed by atoms with van der Waals surface area (Å²) < 4.78 is 0. The SMILES string of the molecule is CCc1cccc(CCC(=O)CCCCC(C)=O)c1. The summed E-state index contributed by atoms with van der Waals surface area (Å²) in [7, 11) is 0. The summed E-state index contributed by atoms with van der Waals surface area (Å²) in [4.78, 5) is 22.5. The molecule has 1 rings (SSSR count). The van der Waals surface area contributed by atoms with Crippen molar-refractivity contribution in [3.8, 4) is 0 Å². The molecule has 19 heavy (non-hydrogen) atoms. The normalized spacial score (nSPS) is 10.4. The van der Waals surface area contributed by atoms with E-state index in [1.54, 1.807) is 6.92 Å². The molecule has 0 fully saturated rings. The van der Waals surface area contributed by atoms with Gasteiger partial charge in [0.1, 0.15) is 11.6 Å². The molecule has 0 atom stereocenters. The van der Waals surface area contributed by atoms with Crippen LogP contribution in [0.25, 0.3) is 0 Å². The van der Waals surface area contributed by atoms with Crippen molar-refractivity contribution >= 4 is 11.6 Å². The van der Waals surface area contributed by atoms with E-state index in [1.165, 1.54) is 11.1 Å². The van der Waals surface area contributed by atoms with Crippen LogP contribution in [0.15, 0.2) is 24.3 Å². The number of carbonyl (C=O) groups excluding carboxylic acids is 2. The standard InChI is InChI=1S/C17H24O2/c1-3-15-8-6-9-16(13-15)11-12-17(19)10-5-4-7-14(2)18/h6,8-9,13H,3-5,7,10-12H2,1-2H3. The first-order chi connectivity index (χ1) is 9.11. The Morgan fingerprint density at radius 3 is 2.37 bits per heavy atom. The lowest BCUT2D eigenvalue weighted by Gasteiger charge is -2.04. The van der Waals surface area contributed by atoms with Crippen LogP contribution in [0.3, 0.4) is 0 Å². The first-order valence-electron chi connectivity index (χ1n) is 7.20. The summed E-state index contributed by atoms with van der Waals surface area (Å²) >= 11 is 0. The molecule has 0 N–H and O–H groups in total. The molecule has 0 heterocycles. The lowest BCUT2D eigenvalue weighted by atomic mass is 10.0. The van der Waals surface area contributed by atoms with E-state index in [0.717, 1.165) is 25.7 Å². The maximum Gasteiger partial charge on any atom is 0.133 e. The van der Waals surface area contributed by atoms with Crippen molar-refractivity contribution in [3.63, 3.8) is 0 Å². The molecular formula is C17H24O2. The van der Waals surface area contributed by atoms with Gasteiger partial charge in [0.15, 0.2) is 0 Å². The first kappa shape index (κ1) is 15.6. The molecular weight excluding hydrogens is 236 g/mol. The van der Waals surface area contributed by atoms with E-state index in [2.05, 4.69) is 31.2 Å². The number of hydrogen-bond donors (Lipinski definition) is 0. The Morgan fingerprint density at radius 2 is 1.68 bits per heavy atom. The Balaban J connectivity index is 2.24. The number of unbranched alkanes of at least 4 members (excludes halogenated alkanes) is 1. The Morgan fingerprint density at radius 1 is 1.00 bits per heavy atom. The van der Waals surface area contributed by atoms with Crippen LogP contribution >= 0.6 is 0 Å². The summed E-state index contributed by atoms with van der Waals surface area (Å²) in [6, 6.07) is 8.45. The third kappa shape index (κ3) is 6.90. The summed E-state index contributed by atoms with van der Waals surface area (Å²) in [6.45, 7) is 3.74. The molecule has 0 amide bonds. The first-order valence-corrected chi connectivity index (χ1v) is 7.20. The molecule has 0 aliphatic carbocycles. The van der Waals surface area contributed by atoms with Crippen molar-refractivity contribution < 1.29 is 9.59 Å². The monoisotopic (exact) mass is 260 g/mol. The smallest absolute Gasteiger partial charge is 0.133 e. The van der Waals surface area contributed by atoms with E-state index in [-0.39, 0.29) is 5.78 Å². The van der Waals surface area contributed by atoms with Gasteiger partial charge < -0.3 is 4.79 Å². The molecule has 1 aromatic rings. The number of hydrogen-bond acceptors (Lipinski definition) is 2. The van der Waals surface area contributed by atoms with Crippen LogP contribution in [0.5, 0.6) is 0 Å². The topological polar surface area (TPSA) is 34.1 Å². The molecule has 0 unspecified atom stereocenters. The molecule has 2 nitrogen and oxygen atoms in total. The van der Waals surface area contributed by atoms with Gasteiger partial charge in [-0.25, -0.2) is 0 Å². The molecule has 0 radical (unpaired) electrons. The second kappa shape index (κ2) is 8.63. The van der Waals surface area contributed by atoms with Crippen LogP contribution in [0.1, 0.15) is 57.1 Å². The fraction of sp³-hybridized carbons (Fsp3) is 0.529. The highest BCUT2D eigenvalue weighted by atomic mass is 16.1. The van der Waals surface area contributed by atoms with Crippen molar-refractivity contribution in [2.24, 2.45) is 0 Å². The molecule has 2 heteroatoms. The highest BCUT2D eigenvalue weighted by Gasteiger charge is 2.04. The van der Waals surface area contributed by atoms with E-state index < -0.39 is 0 Å². The van der Waals surface area contributed by atoms with E-state index >= 15 is 0 Å². The van der Waals surface area contributed by atoms with Gasteiger partial charge in [0.2, 0.25) is 0 Å². The molecule has 0 aliphatic rings. The lowest BCUT2D eigenvalue weighted by molar-refractivity contribution is -0.120. The predicted octanol–water partition coefficient (Wildman–Crippen LogP) is 3.90. The molecule has 0 saturated carbocycles. The Kier molecular flexibility index (Phi) is 7.09. The van der Waals surface area contributed by atoms with Gasteiger partial charge in [-0.2, -0.15) is 0 Å². The fourth-order valence-electron chi connectivity index (χ4n) is 2.11. The minimum Gasteiger partial charge on any atom is -0.300 e. The number of rotatable bonds is 9. The molecule has 0 spiro atoms. The highest BCUT2D eigenvalue weighted by Crippen LogP contribution is 2.10. The molecule has 0 bridgehead atoms. The van der Waals surface area contributed by atoms with Gasteiger partial charge in [0.25, 0.3) is 0 Å². The van der Waals surface area contributed by atoms with E-state index in [0.29, 0.717) is 25.0 Å². The number of benzene rings is 1. The summed E-state index contributed by atoms with van der Waals surface area (Å²) in [5.41, 5.74) is 2.57. The molecule has 0 aliphatic heterocycles. The second-order valence-electron chi connectivity index (χ2n) is 5.12. The van der Waals surface area contributed by atoms with Gasteiger partial charge in [-0.1, -0.05) is 31.2 Å². The Labute approximate surface area is 116 Å². The molecule has 0 aromatic heterocycles.